The van der Waals surface area contributed by atoms with Crippen molar-refractivity contribution in [3.63, 3.8) is 0 Å². The van der Waals surface area contributed by atoms with E-state index in [0.717, 1.165) is 11.8 Å². The molecule has 4 aromatic heterocycles. The number of fused-ring (bicyclic) bond motifs is 1. The second-order valence-corrected chi connectivity index (χ2v) is 6.45. The van der Waals surface area contributed by atoms with Crippen LogP contribution in [-0.2, 0) is 0 Å². The number of halogens is 2. The number of pyridine rings is 3. The molecule has 0 atom stereocenters. The second-order valence-electron chi connectivity index (χ2n) is 6.45. The lowest BCUT2D eigenvalue weighted by atomic mass is 10.0. The third kappa shape index (κ3) is 3.12. The van der Waals surface area contributed by atoms with E-state index < -0.39 is 5.82 Å². The van der Waals surface area contributed by atoms with Crippen molar-refractivity contribution in [3.05, 3.63) is 85.0 Å². The first-order chi connectivity index (χ1) is 14.2. The zero-order valence-electron chi connectivity index (χ0n) is 15.0. The van der Waals surface area contributed by atoms with Gasteiger partial charge in [0.05, 0.1) is 17.4 Å². The maximum Gasteiger partial charge on any atom is 0.178 e. The molecule has 0 bridgehead atoms. The molecule has 5 aromatic rings. The molecule has 4 heterocycles. The van der Waals surface area contributed by atoms with Gasteiger partial charge in [0.1, 0.15) is 17.5 Å². The number of aromatic amines is 1. The van der Waals surface area contributed by atoms with E-state index in [2.05, 4.69) is 24.9 Å². The van der Waals surface area contributed by atoms with Crippen LogP contribution in [0.2, 0.25) is 0 Å². The molecule has 5 nitrogen and oxygen atoms in total. The van der Waals surface area contributed by atoms with Gasteiger partial charge in [0.25, 0.3) is 0 Å². The molecule has 0 saturated heterocycles. The molecule has 0 spiro atoms. The van der Waals surface area contributed by atoms with E-state index >= 15 is 0 Å². The molecule has 0 aliphatic heterocycles. The molecular formula is C22H13F2N5. The first-order valence-electron chi connectivity index (χ1n) is 8.86. The van der Waals surface area contributed by atoms with Gasteiger partial charge in [-0.3, -0.25) is 9.97 Å². The lowest BCUT2D eigenvalue weighted by Gasteiger charge is -2.09. The minimum atomic E-state index is -0.455. The number of H-pyrrole nitrogens is 1. The summed E-state index contributed by atoms with van der Waals surface area (Å²) in [7, 11) is 0. The van der Waals surface area contributed by atoms with Crippen LogP contribution in [0, 0.1) is 11.6 Å². The Morgan fingerprint density at radius 3 is 2.41 bits per heavy atom. The number of nitrogens with one attached hydrogen (secondary N) is 1. The van der Waals surface area contributed by atoms with Crippen molar-refractivity contribution in [2.24, 2.45) is 0 Å². The first kappa shape index (κ1) is 17.1. The van der Waals surface area contributed by atoms with E-state index in [0.29, 0.717) is 39.4 Å². The molecule has 140 valence electrons. The monoisotopic (exact) mass is 385 g/mol. The van der Waals surface area contributed by atoms with Gasteiger partial charge in [-0.25, -0.2) is 18.7 Å². The highest BCUT2D eigenvalue weighted by Gasteiger charge is 2.17. The second kappa shape index (κ2) is 6.87. The van der Waals surface area contributed by atoms with Crippen LogP contribution in [0.25, 0.3) is 44.9 Å². The van der Waals surface area contributed by atoms with Crippen LogP contribution in [0.3, 0.4) is 0 Å². The summed E-state index contributed by atoms with van der Waals surface area (Å²) in [5.74, 6) is -0.327. The highest BCUT2D eigenvalue weighted by molar-refractivity contribution is 5.89. The number of hydrogen-bond acceptors (Lipinski definition) is 4. The Kier molecular flexibility index (Phi) is 4.05. The van der Waals surface area contributed by atoms with Gasteiger partial charge in [-0.05, 0) is 36.4 Å². The van der Waals surface area contributed by atoms with E-state index in [4.69, 9.17) is 0 Å². The number of rotatable bonds is 3. The van der Waals surface area contributed by atoms with Crippen LogP contribution < -0.4 is 0 Å². The van der Waals surface area contributed by atoms with Crippen molar-refractivity contribution < 1.29 is 8.78 Å². The van der Waals surface area contributed by atoms with Crippen LogP contribution in [0.15, 0.2) is 73.3 Å². The van der Waals surface area contributed by atoms with E-state index in [1.807, 2.05) is 6.07 Å². The molecule has 0 radical (unpaired) electrons. The van der Waals surface area contributed by atoms with Gasteiger partial charge in [0.15, 0.2) is 5.65 Å². The minimum absolute atomic E-state index is 0.355. The number of nitrogens with zero attached hydrogens (tertiary/aromatic N) is 4. The van der Waals surface area contributed by atoms with Crippen LogP contribution in [0.1, 0.15) is 0 Å². The van der Waals surface area contributed by atoms with Crippen LogP contribution >= 0.6 is 0 Å². The summed E-state index contributed by atoms with van der Waals surface area (Å²) < 4.78 is 28.1. The summed E-state index contributed by atoms with van der Waals surface area (Å²) in [4.78, 5) is 20.3. The maximum absolute atomic E-state index is 14.5. The predicted molar refractivity (Wildman–Crippen MR) is 106 cm³/mol. The molecule has 0 fully saturated rings. The Labute approximate surface area is 164 Å². The standard InChI is InChI=1S/C22H13F2N5/c23-15-5-1-3-13(9-15)21-27-19-10-17(16-6-8-26-12-18(16)24)20(28-22(19)29-21)14-4-2-7-25-11-14/h1-12H,(H,27,28,29). The molecule has 29 heavy (non-hydrogen) atoms. The highest BCUT2D eigenvalue weighted by Crippen LogP contribution is 2.34. The van der Waals surface area contributed by atoms with Crippen LogP contribution in [-0.4, -0.2) is 24.9 Å². The van der Waals surface area contributed by atoms with E-state index in [9.17, 15) is 8.78 Å². The summed E-state index contributed by atoms with van der Waals surface area (Å²) in [6.45, 7) is 0. The molecule has 5 rings (SSSR count). The van der Waals surface area contributed by atoms with Crippen molar-refractivity contribution >= 4 is 11.2 Å². The quantitative estimate of drug-likeness (QED) is 0.473. The topological polar surface area (TPSA) is 67.3 Å². The van der Waals surface area contributed by atoms with E-state index in [1.165, 1.54) is 18.3 Å². The molecular weight excluding hydrogens is 372 g/mol. The molecule has 0 unspecified atom stereocenters. The Morgan fingerprint density at radius 2 is 1.62 bits per heavy atom. The average Bonchev–Trinajstić information content (AvgIpc) is 3.17. The third-order valence-electron chi connectivity index (χ3n) is 4.57. The van der Waals surface area contributed by atoms with Gasteiger partial charge in [-0.15, -0.1) is 0 Å². The molecule has 0 saturated carbocycles. The Bertz CT molecular complexity index is 1330. The van der Waals surface area contributed by atoms with E-state index in [-0.39, 0.29) is 5.82 Å². The van der Waals surface area contributed by atoms with Crippen molar-refractivity contribution in [3.8, 4) is 33.8 Å². The fourth-order valence-corrected chi connectivity index (χ4v) is 3.24. The van der Waals surface area contributed by atoms with Crippen LogP contribution in [0.4, 0.5) is 8.78 Å². The van der Waals surface area contributed by atoms with Crippen molar-refractivity contribution in [2.75, 3.05) is 0 Å². The summed E-state index contributed by atoms with van der Waals surface area (Å²) in [6.07, 6.45) is 6.01. The van der Waals surface area contributed by atoms with E-state index in [1.54, 1.807) is 42.7 Å². The minimum Gasteiger partial charge on any atom is -0.337 e. The third-order valence-corrected chi connectivity index (χ3v) is 4.57. The Morgan fingerprint density at radius 1 is 0.759 bits per heavy atom. The number of imidazole rings is 1. The highest BCUT2D eigenvalue weighted by atomic mass is 19.1. The normalized spacial score (nSPS) is 11.1. The van der Waals surface area contributed by atoms with Gasteiger partial charge < -0.3 is 4.98 Å². The molecule has 1 N–H and O–H groups in total. The zero-order chi connectivity index (χ0) is 19.8. The first-order valence-corrected chi connectivity index (χ1v) is 8.86. The fraction of sp³-hybridized carbons (Fsp3) is 0. The fourth-order valence-electron chi connectivity index (χ4n) is 3.24. The van der Waals surface area contributed by atoms with Crippen molar-refractivity contribution in [2.45, 2.75) is 0 Å². The van der Waals surface area contributed by atoms with Gasteiger partial charge in [0.2, 0.25) is 0 Å². The zero-order valence-corrected chi connectivity index (χ0v) is 15.0. The van der Waals surface area contributed by atoms with Gasteiger partial charge in [-0.1, -0.05) is 12.1 Å². The number of hydrogen-bond donors (Lipinski definition) is 1. The molecule has 7 heteroatoms. The average molecular weight is 385 g/mol. The summed E-state index contributed by atoms with van der Waals surface area (Å²) >= 11 is 0. The van der Waals surface area contributed by atoms with Crippen molar-refractivity contribution in [1.82, 2.24) is 24.9 Å². The Balaban J connectivity index is 1.77. The number of aromatic nitrogens is 5. The summed E-state index contributed by atoms with van der Waals surface area (Å²) in [5, 5.41) is 0. The lowest BCUT2D eigenvalue weighted by molar-refractivity contribution is 0.625. The van der Waals surface area contributed by atoms with Crippen molar-refractivity contribution in [1.29, 1.82) is 0 Å². The summed E-state index contributed by atoms with van der Waals surface area (Å²) in [6, 6.07) is 13.2. The molecule has 0 amide bonds. The van der Waals surface area contributed by atoms with Gasteiger partial charge in [0, 0.05) is 40.8 Å². The van der Waals surface area contributed by atoms with Gasteiger partial charge in [-0.2, -0.15) is 0 Å². The summed E-state index contributed by atoms with van der Waals surface area (Å²) in [5.41, 5.74) is 3.89. The van der Waals surface area contributed by atoms with Gasteiger partial charge >= 0.3 is 0 Å². The smallest absolute Gasteiger partial charge is 0.178 e. The molecule has 0 aliphatic carbocycles. The predicted octanol–water partition coefficient (Wildman–Crippen LogP) is 5.03. The lowest BCUT2D eigenvalue weighted by Crippen LogP contribution is -1.94. The maximum atomic E-state index is 14.5. The Hall–Kier alpha value is -4.00. The largest absolute Gasteiger partial charge is 0.337 e. The molecule has 0 aliphatic rings. The van der Waals surface area contributed by atoms with Crippen LogP contribution in [0.5, 0.6) is 0 Å². The molecule has 1 aromatic carbocycles. The number of benzene rings is 1. The SMILES string of the molecule is Fc1cccc(-c2nc3nc(-c4cccnc4)c(-c4ccncc4F)cc3[nH]2)c1.